The van der Waals surface area contributed by atoms with Crippen molar-refractivity contribution in [3.8, 4) is 11.3 Å². The highest BCUT2D eigenvalue weighted by atomic mass is 35.5. The minimum absolute atomic E-state index is 0.142. The van der Waals surface area contributed by atoms with E-state index in [1.807, 2.05) is 24.3 Å². The molecule has 5 nitrogen and oxygen atoms in total. The first-order valence-electron chi connectivity index (χ1n) is 6.41. The Morgan fingerprint density at radius 2 is 2.14 bits per heavy atom. The van der Waals surface area contributed by atoms with Gasteiger partial charge in [0.1, 0.15) is 5.76 Å². The smallest absolute Gasteiger partial charge is 0.373 e. The number of carbonyl (C=O) groups is 1. The van der Waals surface area contributed by atoms with Crippen molar-refractivity contribution in [1.29, 1.82) is 0 Å². The van der Waals surface area contributed by atoms with Crippen LogP contribution in [-0.4, -0.2) is 36.7 Å². The summed E-state index contributed by atoms with van der Waals surface area (Å²) in [5, 5.41) is 12.6. The fourth-order valence-electron chi connectivity index (χ4n) is 1.83. The first kappa shape index (κ1) is 15.4. The molecule has 1 heterocycles. The molecule has 1 aromatic heterocycles. The number of alkyl halides is 1. The van der Waals surface area contributed by atoms with E-state index in [0.29, 0.717) is 12.3 Å². The van der Waals surface area contributed by atoms with E-state index in [1.165, 1.54) is 7.11 Å². The number of ether oxygens (including phenoxy) is 1. The lowest BCUT2D eigenvalue weighted by Crippen LogP contribution is -2.20. The molecular formula is C15H16ClNO4. The Labute approximate surface area is 127 Å². The number of aliphatic hydroxyl groups is 1. The molecule has 0 aliphatic carbocycles. The first-order valence-corrected chi connectivity index (χ1v) is 6.94. The maximum atomic E-state index is 11.4. The Morgan fingerprint density at radius 3 is 2.86 bits per heavy atom. The fraction of sp³-hybridized carbons (Fsp3) is 0.267. The Morgan fingerprint density at radius 1 is 1.38 bits per heavy atom. The van der Waals surface area contributed by atoms with Crippen molar-refractivity contribution in [1.82, 2.24) is 0 Å². The summed E-state index contributed by atoms with van der Waals surface area (Å²) in [5.74, 6) is 0.314. The van der Waals surface area contributed by atoms with Crippen LogP contribution in [0.3, 0.4) is 0 Å². The monoisotopic (exact) mass is 309 g/mol. The highest BCUT2D eigenvalue weighted by Crippen LogP contribution is 2.29. The lowest BCUT2D eigenvalue weighted by Gasteiger charge is -2.12. The van der Waals surface area contributed by atoms with Crippen molar-refractivity contribution in [2.24, 2.45) is 0 Å². The number of benzene rings is 1. The van der Waals surface area contributed by atoms with Crippen molar-refractivity contribution < 1.29 is 19.1 Å². The van der Waals surface area contributed by atoms with E-state index in [-0.39, 0.29) is 11.6 Å². The average molecular weight is 310 g/mol. The van der Waals surface area contributed by atoms with Crippen molar-refractivity contribution in [2.45, 2.75) is 6.10 Å². The zero-order valence-corrected chi connectivity index (χ0v) is 12.3. The third kappa shape index (κ3) is 3.77. The zero-order valence-electron chi connectivity index (χ0n) is 11.5. The number of nitrogens with one attached hydrogen (secondary N) is 1. The molecule has 21 heavy (non-hydrogen) atoms. The lowest BCUT2D eigenvalue weighted by molar-refractivity contribution is 0.0566. The summed E-state index contributed by atoms with van der Waals surface area (Å²) >= 11 is 5.57. The summed E-state index contributed by atoms with van der Waals surface area (Å²) in [6, 6.07) is 10.7. The number of esters is 1. The van der Waals surface area contributed by atoms with Gasteiger partial charge in [-0.25, -0.2) is 4.79 Å². The third-order valence-electron chi connectivity index (χ3n) is 2.89. The second-order valence-corrected chi connectivity index (χ2v) is 4.70. The van der Waals surface area contributed by atoms with Crippen LogP contribution in [0.1, 0.15) is 10.6 Å². The van der Waals surface area contributed by atoms with Crippen LogP contribution in [0.2, 0.25) is 0 Å². The number of hydrogen-bond acceptors (Lipinski definition) is 5. The quantitative estimate of drug-likeness (QED) is 0.634. The molecule has 0 saturated carbocycles. The molecule has 2 rings (SSSR count). The Kier molecular flexibility index (Phi) is 5.25. The van der Waals surface area contributed by atoms with Crippen LogP contribution < -0.4 is 5.32 Å². The van der Waals surface area contributed by atoms with Gasteiger partial charge in [-0.1, -0.05) is 12.1 Å². The molecule has 0 spiro atoms. The SMILES string of the molecule is COC(=O)c1ccc(-c2ccccc2NCC(O)CCl)o1. The van der Waals surface area contributed by atoms with Gasteiger partial charge in [0.15, 0.2) is 0 Å². The highest BCUT2D eigenvalue weighted by molar-refractivity contribution is 6.18. The predicted octanol–water partition coefficient (Wildman–Crippen LogP) is 2.74. The number of furan rings is 1. The van der Waals surface area contributed by atoms with Crippen LogP contribution in [0, 0.1) is 0 Å². The van der Waals surface area contributed by atoms with Crippen molar-refractivity contribution in [2.75, 3.05) is 24.9 Å². The Hall–Kier alpha value is -1.98. The van der Waals surface area contributed by atoms with Gasteiger partial charge in [0.2, 0.25) is 5.76 Å². The average Bonchev–Trinajstić information content (AvgIpc) is 3.01. The third-order valence-corrected chi connectivity index (χ3v) is 3.25. The number of methoxy groups -OCH3 is 1. The Balaban J connectivity index is 2.23. The second kappa shape index (κ2) is 7.15. The van der Waals surface area contributed by atoms with Gasteiger partial charge in [-0.2, -0.15) is 0 Å². The van der Waals surface area contributed by atoms with Crippen molar-refractivity contribution in [3.05, 3.63) is 42.2 Å². The summed E-state index contributed by atoms with van der Waals surface area (Å²) in [7, 11) is 1.30. The van der Waals surface area contributed by atoms with Crippen LogP contribution in [0.5, 0.6) is 0 Å². The lowest BCUT2D eigenvalue weighted by atomic mass is 10.1. The molecule has 6 heteroatoms. The number of para-hydroxylation sites is 1. The maximum absolute atomic E-state index is 11.4. The van der Waals surface area contributed by atoms with Gasteiger partial charge < -0.3 is 19.6 Å². The van der Waals surface area contributed by atoms with Gasteiger partial charge >= 0.3 is 5.97 Å². The molecule has 0 amide bonds. The van der Waals surface area contributed by atoms with Crippen LogP contribution >= 0.6 is 11.6 Å². The summed E-state index contributed by atoms with van der Waals surface area (Å²) in [4.78, 5) is 11.4. The second-order valence-electron chi connectivity index (χ2n) is 4.39. The molecule has 0 aliphatic heterocycles. The van der Waals surface area contributed by atoms with E-state index in [1.54, 1.807) is 12.1 Å². The number of anilines is 1. The van der Waals surface area contributed by atoms with Gasteiger partial charge in [0, 0.05) is 17.8 Å². The molecule has 0 bridgehead atoms. The van der Waals surface area contributed by atoms with E-state index in [9.17, 15) is 9.90 Å². The molecule has 2 aromatic rings. The molecule has 1 aromatic carbocycles. The van der Waals surface area contributed by atoms with E-state index < -0.39 is 12.1 Å². The van der Waals surface area contributed by atoms with Gasteiger partial charge in [-0.3, -0.25) is 0 Å². The van der Waals surface area contributed by atoms with Gasteiger partial charge in [0.25, 0.3) is 0 Å². The molecule has 0 radical (unpaired) electrons. The van der Waals surface area contributed by atoms with E-state index in [2.05, 4.69) is 10.1 Å². The van der Waals surface area contributed by atoms with Gasteiger partial charge in [0.05, 0.1) is 19.1 Å². The number of carbonyl (C=O) groups excluding carboxylic acids is 1. The number of rotatable bonds is 6. The zero-order chi connectivity index (χ0) is 15.2. The van der Waals surface area contributed by atoms with Crippen LogP contribution in [0.4, 0.5) is 5.69 Å². The van der Waals surface area contributed by atoms with Crippen molar-refractivity contribution in [3.63, 3.8) is 0 Å². The number of aliphatic hydroxyl groups excluding tert-OH is 1. The van der Waals surface area contributed by atoms with E-state index in [4.69, 9.17) is 16.0 Å². The minimum atomic E-state index is -0.637. The molecule has 112 valence electrons. The molecule has 1 atom stereocenters. The topological polar surface area (TPSA) is 71.7 Å². The van der Waals surface area contributed by atoms with Crippen molar-refractivity contribution >= 4 is 23.3 Å². The largest absolute Gasteiger partial charge is 0.463 e. The minimum Gasteiger partial charge on any atom is -0.463 e. The Bertz CT molecular complexity index is 611. The summed E-state index contributed by atoms with van der Waals surface area (Å²) in [5.41, 5.74) is 1.57. The highest BCUT2D eigenvalue weighted by Gasteiger charge is 2.14. The molecule has 0 saturated heterocycles. The summed E-state index contributed by atoms with van der Waals surface area (Å²) < 4.78 is 10.1. The standard InChI is InChI=1S/C15H16ClNO4/c1-20-15(19)14-7-6-13(21-14)11-4-2-3-5-12(11)17-9-10(18)8-16/h2-7,10,17-18H,8-9H2,1H3. The van der Waals surface area contributed by atoms with Crippen LogP contribution in [0.25, 0.3) is 11.3 Å². The molecule has 0 aliphatic rings. The van der Waals surface area contributed by atoms with Gasteiger partial charge in [-0.15, -0.1) is 11.6 Å². The molecular weight excluding hydrogens is 294 g/mol. The molecule has 2 N–H and O–H groups in total. The first-order chi connectivity index (χ1) is 10.2. The number of hydrogen-bond donors (Lipinski definition) is 2. The normalized spacial score (nSPS) is 12.0. The summed E-state index contributed by atoms with van der Waals surface area (Å²) in [6.45, 7) is 0.324. The number of halogens is 1. The van der Waals surface area contributed by atoms with Crippen LogP contribution in [-0.2, 0) is 4.74 Å². The van der Waals surface area contributed by atoms with Gasteiger partial charge in [-0.05, 0) is 24.3 Å². The molecule has 0 fully saturated rings. The van der Waals surface area contributed by atoms with E-state index >= 15 is 0 Å². The van der Waals surface area contributed by atoms with E-state index in [0.717, 1.165) is 11.3 Å². The maximum Gasteiger partial charge on any atom is 0.373 e. The fourth-order valence-corrected chi connectivity index (χ4v) is 1.94. The predicted molar refractivity (Wildman–Crippen MR) is 80.7 cm³/mol. The van der Waals surface area contributed by atoms with Crippen LogP contribution in [0.15, 0.2) is 40.8 Å². The summed E-state index contributed by atoms with van der Waals surface area (Å²) in [6.07, 6.45) is -0.637. The molecule has 1 unspecified atom stereocenters.